The first kappa shape index (κ1) is 43.1. The van der Waals surface area contributed by atoms with E-state index in [0.29, 0.717) is 0 Å². The Hall–Kier alpha value is -0.0906. The molecule has 0 spiro atoms. The molecule has 13 heteroatoms. The molecule has 0 atom stereocenters. The molecule has 0 bridgehead atoms. The minimum absolute atomic E-state index is 0. The largest absolute Gasteiger partial charge is 0.673 e. The van der Waals surface area contributed by atoms with Crippen molar-refractivity contribution < 1.29 is 51.6 Å². The zero-order valence-electron chi connectivity index (χ0n) is 27.7. The fourth-order valence-electron chi connectivity index (χ4n) is 8.32. The number of allylic oxidation sites excluding steroid dienone is 8. The Bertz CT molecular complexity index is 803. The summed E-state index contributed by atoms with van der Waals surface area (Å²) in [6.07, 6.45) is 49.6. The van der Waals surface area contributed by atoms with Gasteiger partial charge in [0.2, 0.25) is 0 Å². The summed E-state index contributed by atoms with van der Waals surface area (Å²) in [6.45, 7) is 0. The van der Waals surface area contributed by atoms with E-state index in [4.69, 9.17) is 0 Å². The van der Waals surface area contributed by atoms with Crippen molar-refractivity contribution in [2.24, 2.45) is 0 Å². The number of hydrogen-bond acceptors (Lipinski definition) is 0. The molecule has 4 fully saturated rings. The molecule has 47 heavy (non-hydrogen) atoms. The van der Waals surface area contributed by atoms with Crippen molar-refractivity contribution in [1.29, 1.82) is 0 Å². The van der Waals surface area contributed by atoms with Gasteiger partial charge >= 0.3 is 14.5 Å². The molecule has 0 heterocycles. The smallest absolute Gasteiger partial charge is 0.418 e. The van der Waals surface area contributed by atoms with Gasteiger partial charge in [-0.3, -0.25) is 0 Å². The van der Waals surface area contributed by atoms with E-state index in [1.54, 1.807) is 51.4 Å². The Balaban J connectivity index is 0.000000251. The zero-order chi connectivity index (χ0) is 33.4. The van der Waals surface area contributed by atoms with E-state index in [9.17, 15) is 34.5 Å². The van der Waals surface area contributed by atoms with Crippen LogP contribution in [-0.4, -0.2) is 48.5 Å². The van der Waals surface area contributed by atoms with Crippen LogP contribution in [0.4, 0.5) is 34.5 Å². The van der Waals surface area contributed by atoms with E-state index in [1.807, 2.05) is 0 Å². The van der Waals surface area contributed by atoms with Gasteiger partial charge in [-0.05, 0) is 74.0 Å². The third kappa shape index (κ3) is 18.1. The first-order valence-corrected chi connectivity index (χ1v) is 21.0. The molecule has 0 aromatic heterocycles. The summed E-state index contributed by atoms with van der Waals surface area (Å²) in [4.78, 5) is 0. The number of rotatable bonds is 6. The van der Waals surface area contributed by atoms with Crippen molar-refractivity contribution >= 4 is 30.4 Å². The molecule has 0 radical (unpaired) electrons. The third-order valence-electron chi connectivity index (χ3n) is 10.1. The van der Waals surface area contributed by atoms with Crippen LogP contribution in [0.2, 0.25) is 0 Å². The summed E-state index contributed by atoms with van der Waals surface area (Å²) in [5, 5.41) is 0. The van der Waals surface area contributed by atoms with Crippen LogP contribution in [0.5, 0.6) is 0 Å². The average Bonchev–Trinajstić information content (AvgIpc) is 3.74. The van der Waals surface area contributed by atoms with Crippen molar-refractivity contribution in [2.45, 2.75) is 162 Å². The number of halogens is 8. The molecule has 0 N–H and O–H groups in total. The second-order valence-electron chi connectivity index (χ2n) is 13.6. The molecular weight excluding hydrogens is 700 g/mol. The van der Waals surface area contributed by atoms with Crippen LogP contribution >= 0.6 is 15.8 Å². The topological polar surface area (TPSA) is 0 Å². The monoisotopic (exact) mass is 754 g/mol. The molecule has 0 aliphatic heterocycles. The Morgan fingerprint density at radius 1 is 0.340 bits per heavy atom. The summed E-state index contributed by atoms with van der Waals surface area (Å²) in [5.41, 5.74) is 6.05. The molecule has 0 unspecified atom stereocenters. The van der Waals surface area contributed by atoms with Gasteiger partial charge < -0.3 is 34.5 Å². The Labute approximate surface area is 292 Å². The maximum atomic E-state index is 9.75. The van der Waals surface area contributed by atoms with Crippen LogP contribution in [0.3, 0.4) is 0 Å². The van der Waals surface area contributed by atoms with Gasteiger partial charge in [0.05, 0.1) is 0 Å². The molecule has 0 saturated heterocycles. The van der Waals surface area contributed by atoms with Crippen LogP contribution in [0.15, 0.2) is 48.6 Å². The fourth-order valence-corrected chi connectivity index (χ4v) is 16.5. The normalized spacial score (nSPS) is 23.5. The molecule has 6 aliphatic carbocycles. The van der Waals surface area contributed by atoms with Crippen molar-refractivity contribution in [1.82, 2.24) is 0 Å². The van der Waals surface area contributed by atoms with Crippen LogP contribution in [0.1, 0.15) is 128 Å². The Morgan fingerprint density at radius 2 is 0.511 bits per heavy atom. The van der Waals surface area contributed by atoms with Gasteiger partial charge in [0, 0.05) is 28.4 Å². The molecule has 6 rings (SSSR count). The van der Waals surface area contributed by atoms with E-state index in [-0.39, 0.29) is 32.9 Å². The van der Waals surface area contributed by atoms with E-state index in [1.165, 1.54) is 77.0 Å². The minimum atomic E-state index is -6.00. The van der Waals surface area contributed by atoms with Gasteiger partial charge in [-0.1, -0.05) is 142 Å². The quantitative estimate of drug-likeness (QED) is 0.144. The van der Waals surface area contributed by atoms with Gasteiger partial charge in [0.15, 0.2) is 0 Å². The summed E-state index contributed by atoms with van der Waals surface area (Å²) in [6, 6.07) is 0. The van der Waals surface area contributed by atoms with E-state index in [2.05, 4.69) is 48.6 Å². The predicted molar refractivity (Wildman–Crippen MR) is 186 cm³/mol. The summed E-state index contributed by atoms with van der Waals surface area (Å²) in [5.74, 6) is 0. The van der Waals surface area contributed by atoms with E-state index in [0.717, 1.165) is 34.0 Å². The van der Waals surface area contributed by atoms with E-state index >= 15 is 0 Å². The van der Waals surface area contributed by atoms with Gasteiger partial charge in [0.25, 0.3) is 0 Å². The van der Waals surface area contributed by atoms with Crippen molar-refractivity contribution in [3.05, 3.63) is 48.6 Å². The maximum Gasteiger partial charge on any atom is 0.673 e. The predicted octanol–water partition coefficient (Wildman–Crippen LogP) is 13.9. The van der Waals surface area contributed by atoms with Crippen LogP contribution in [0.25, 0.3) is 0 Å². The Kier molecular flexibility index (Phi) is 20.8. The average molecular weight is 754 g/mol. The van der Waals surface area contributed by atoms with Crippen molar-refractivity contribution in [2.75, 3.05) is 0 Å². The zero-order valence-corrected chi connectivity index (χ0v) is 30.5. The first-order valence-electron chi connectivity index (χ1n) is 17.9. The van der Waals surface area contributed by atoms with Gasteiger partial charge in [0.1, 0.15) is 0 Å². The molecule has 0 amide bonds. The standard InChI is InChI=1S/2C17H27P.2BF4.Fe/c2*1-3-9-15(10-4-1)18(17-13-7-8-14-17)16-11-5-2-6-12-16;2*2-1(3,4)5;/h2*7-8,13-17H,1-6,9-12H2;;;/q;;2*-1;. The molecule has 0 aromatic carbocycles. The molecule has 4 saturated carbocycles. The van der Waals surface area contributed by atoms with E-state index < -0.39 is 14.5 Å². The molecular formula is C34H54B2F8FeP2-2. The van der Waals surface area contributed by atoms with Crippen LogP contribution in [-0.2, 0) is 17.1 Å². The fraction of sp³-hybridized carbons (Fsp3) is 0.765. The maximum absolute atomic E-state index is 9.75. The Morgan fingerprint density at radius 3 is 0.681 bits per heavy atom. The minimum Gasteiger partial charge on any atom is -0.418 e. The molecule has 6 aliphatic rings. The molecule has 0 aromatic rings. The van der Waals surface area contributed by atoms with Gasteiger partial charge in [-0.25, -0.2) is 0 Å². The summed E-state index contributed by atoms with van der Waals surface area (Å²) >= 11 is 0. The van der Waals surface area contributed by atoms with Crippen molar-refractivity contribution in [3.63, 3.8) is 0 Å². The SMILES string of the molecule is C1=CC(P(C2CCCCC2)C2CCCCC2)C=C1.C1=CC(P(C2CCCCC2)C2CCCCC2)C=C1.F[B-](F)(F)F.F[B-](F)(F)F.[Fe]. The summed E-state index contributed by atoms with van der Waals surface area (Å²) in [7, 11) is -11.5. The van der Waals surface area contributed by atoms with Crippen LogP contribution in [0, 0.1) is 0 Å². The van der Waals surface area contributed by atoms with Gasteiger partial charge in [-0.2, -0.15) is 0 Å². The molecule has 0 nitrogen and oxygen atoms in total. The second-order valence-corrected chi connectivity index (χ2v) is 19.5. The first-order chi connectivity index (χ1) is 21.9. The third-order valence-corrected chi connectivity index (χ3v) is 17.6. The van der Waals surface area contributed by atoms with Crippen molar-refractivity contribution in [3.8, 4) is 0 Å². The number of hydrogen-bond donors (Lipinski definition) is 0. The van der Waals surface area contributed by atoms with Gasteiger partial charge in [-0.15, -0.1) is 0 Å². The van der Waals surface area contributed by atoms with Crippen LogP contribution < -0.4 is 0 Å². The summed E-state index contributed by atoms with van der Waals surface area (Å²) < 4.78 is 78.0. The molecule has 272 valence electrons. The second kappa shape index (κ2) is 22.7.